The summed E-state index contributed by atoms with van der Waals surface area (Å²) in [4.78, 5) is 32.2. The molecule has 0 heterocycles. The standard InChI is InChI=1S/C13H10O.C9H10O2.C7H6O/c14-13(11-7-3-1-4-8-11)12-9-5-2-6-10-12;1-8(10)11-7-9-5-3-2-4-6-9;8-6-7-4-2-1-3-5-7/h1-10H;2-6H,7H2,1H3;1-6H. The predicted molar refractivity (Wildman–Crippen MR) is 130 cm³/mol. The van der Waals surface area contributed by atoms with Gasteiger partial charge in [0.2, 0.25) is 0 Å². The molecule has 0 fully saturated rings. The first-order valence-corrected chi connectivity index (χ1v) is 10.4. The van der Waals surface area contributed by atoms with E-state index in [1.54, 1.807) is 12.1 Å². The zero-order valence-corrected chi connectivity index (χ0v) is 18.5. The number of carbonyl (C=O) groups is 3. The van der Waals surface area contributed by atoms with Gasteiger partial charge in [0.15, 0.2) is 5.78 Å². The van der Waals surface area contributed by atoms with Crippen LogP contribution in [0.5, 0.6) is 0 Å². The zero-order valence-electron chi connectivity index (χ0n) is 18.5. The van der Waals surface area contributed by atoms with Gasteiger partial charge in [-0.25, -0.2) is 0 Å². The first-order valence-electron chi connectivity index (χ1n) is 10.4. The van der Waals surface area contributed by atoms with E-state index in [1.807, 2.05) is 109 Å². The molecular weight excluding hydrogens is 412 g/mol. The summed E-state index contributed by atoms with van der Waals surface area (Å²) in [6.45, 7) is 1.78. The average molecular weight is 439 g/mol. The minimum Gasteiger partial charge on any atom is -0.461 e. The number of carbonyl (C=O) groups excluding carboxylic acids is 3. The van der Waals surface area contributed by atoms with Crippen LogP contribution in [0.15, 0.2) is 121 Å². The van der Waals surface area contributed by atoms with Crippen molar-refractivity contribution in [1.82, 2.24) is 0 Å². The molecule has 0 unspecified atom stereocenters. The van der Waals surface area contributed by atoms with E-state index >= 15 is 0 Å². The lowest BCUT2D eigenvalue weighted by atomic mass is 10.0. The Labute approximate surface area is 194 Å². The van der Waals surface area contributed by atoms with Gasteiger partial charge in [0.25, 0.3) is 0 Å². The van der Waals surface area contributed by atoms with Gasteiger partial charge in [0.05, 0.1) is 0 Å². The maximum absolute atomic E-state index is 11.8. The second-order valence-electron chi connectivity index (χ2n) is 6.86. The minimum atomic E-state index is -0.242. The van der Waals surface area contributed by atoms with Crippen LogP contribution in [0, 0.1) is 0 Å². The second-order valence-corrected chi connectivity index (χ2v) is 6.86. The summed E-state index contributed by atoms with van der Waals surface area (Å²) >= 11 is 0. The summed E-state index contributed by atoms with van der Waals surface area (Å²) in [5.41, 5.74) is 3.22. The molecule has 4 aromatic carbocycles. The summed E-state index contributed by atoms with van der Waals surface area (Å²) in [6, 6.07) is 37.3. The van der Waals surface area contributed by atoms with Crippen LogP contribution in [-0.4, -0.2) is 18.0 Å². The van der Waals surface area contributed by atoms with E-state index in [2.05, 4.69) is 0 Å². The SMILES string of the molecule is CC(=O)OCc1ccccc1.O=C(c1ccccc1)c1ccccc1.O=Cc1ccccc1. The maximum atomic E-state index is 11.8. The zero-order chi connectivity index (χ0) is 23.7. The van der Waals surface area contributed by atoms with E-state index in [1.165, 1.54) is 6.92 Å². The molecule has 0 spiro atoms. The number of rotatable bonds is 5. The number of hydrogen-bond acceptors (Lipinski definition) is 4. The van der Waals surface area contributed by atoms with Gasteiger partial charge in [-0.2, -0.15) is 0 Å². The van der Waals surface area contributed by atoms with Gasteiger partial charge in [-0.3, -0.25) is 14.4 Å². The van der Waals surface area contributed by atoms with Crippen LogP contribution in [0.1, 0.15) is 38.8 Å². The molecule has 0 aliphatic rings. The van der Waals surface area contributed by atoms with Gasteiger partial charge >= 0.3 is 5.97 Å². The van der Waals surface area contributed by atoms with Crippen molar-refractivity contribution in [3.05, 3.63) is 144 Å². The van der Waals surface area contributed by atoms with Gasteiger partial charge in [-0.1, -0.05) is 121 Å². The van der Waals surface area contributed by atoms with Crippen LogP contribution in [-0.2, 0) is 16.1 Å². The fourth-order valence-corrected chi connectivity index (χ4v) is 2.64. The van der Waals surface area contributed by atoms with Gasteiger partial charge < -0.3 is 4.74 Å². The normalized spacial score (nSPS) is 9.24. The van der Waals surface area contributed by atoms with Crippen molar-refractivity contribution in [3.8, 4) is 0 Å². The Morgan fingerprint density at radius 3 is 1.39 bits per heavy atom. The van der Waals surface area contributed by atoms with Crippen LogP contribution in [0.25, 0.3) is 0 Å². The highest BCUT2D eigenvalue weighted by molar-refractivity contribution is 6.08. The number of aldehydes is 1. The number of esters is 1. The Bertz CT molecular complexity index is 1050. The molecule has 0 saturated carbocycles. The second kappa shape index (κ2) is 14.7. The van der Waals surface area contributed by atoms with Gasteiger partial charge in [-0.05, 0) is 5.56 Å². The monoisotopic (exact) mass is 438 g/mol. The number of benzene rings is 4. The lowest BCUT2D eigenvalue weighted by Crippen LogP contribution is -1.99. The fourth-order valence-electron chi connectivity index (χ4n) is 2.64. The predicted octanol–water partition coefficient (Wildman–Crippen LogP) is 6.17. The highest BCUT2D eigenvalue weighted by atomic mass is 16.5. The molecule has 4 nitrogen and oxygen atoms in total. The van der Waals surface area contributed by atoms with Crippen molar-refractivity contribution in [2.24, 2.45) is 0 Å². The first-order chi connectivity index (χ1) is 16.1. The number of hydrogen-bond donors (Lipinski definition) is 0. The number of ketones is 1. The van der Waals surface area contributed by atoms with Crippen molar-refractivity contribution < 1.29 is 19.1 Å². The van der Waals surface area contributed by atoms with E-state index in [4.69, 9.17) is 4.74 Å². The van der Waals surface area contributed by atoms with Crippen LogP contribution < -0.4 is 0 Å². The van der Waals surface area contributed by atoms with Crippen LogP contribution >= 0.6 is 0 Å². The first kappa shape index (κ1) is 25.0. The molecule has 0 saturated heterocycles. The molecule has 33 heavy (non-hydrogen) atoms. The molecular formula is C29H26O4. The van der Waals surface area contributed by atoms with E-state index in [9.17, 15) is 14.4 Å². The molecule has 0 radical (unpaired) electrons. The van der Waals surface area contributed by atoms with Gasteiger partial charge in [0, 0.05) is 23.6 Å². The summed E-state index contributed by atoms with van der Waals surface area (Å²) in [7, 11) is 0. The molecule has 4 heteroatoms. The molecule has 4 aromatic rings. The highest BCUT2D eigenvalue weighted by Gasteiger charge is 2.06. The maximum Gasteiger partial charge on any atom is 0.302 e. The molecule has 0 aliphatic carbocycles. The topological polar surface area (TPSA) is 60.4 Å². The molecule has 4 rings (SSSR count). The largest absolute Gasteiger partial charge is 0.461 e. The highest BCUT2D eigenvalue weighted by Crippen LogP contribution is 2.08. The van der Waals surface area contributed by atoms with Crippen molar-refractivity contribution in [2.75, 3.05) is 0 Å². The van der Waals surface area contributed by atoms with E-state index in [0.29, 0.717) is 6.61 Å². The van der Waals surface area contributed by atoms with Crippen molar-refractivity contribution in [2.45, 2.75) is 13.5 Å². The van der Waals surface area contributed by atoms with Crippen molar-refractivity contribution in [1.29, 1.82) is 0 Å². The van der Waals surface area contributed by atoms with Crippen LogP contribution in [0.4, 0.5) is 0 Å². The van der Waals surface area contributed by atoms with Crippen LogP contribution in [0.3, 0.4) is 0 Å². The number of ether oxygens (including phenoxy) is 1. The average Bonchev–Trinajstić information content (AvgIpc) is 2.90. The fraction of sp³-hybridized carbons (Fsp3) is 0.0690. The Hall–Kier alpha value is -4.31. The summed E-state index contributed by atoms with van der Waals surface area (Å²) in [6.07, 6.45) is 0.833. The Morgan fingerprint density at radius 2 is 1.03 bits per heavy atom. The Morgan fingerprint density at radius 1 is 0.636 bits per heavy atom. The van der Waals surface area contributed by atoms with Crippen molar-refractivity contribution in [3.63, 3.8) is 0 Å². The molecule has 0 N–H and O–H groups in total. The van der Waals surface area contributed by atoms with E-state index < -0.39 is 0 Å². The molecule has 0 amide bonds. The van der Waals surface area contributed by atoms with E-state index in [-0.39, 0.29) is 11.8 Å². The summed E-state index contributed by atoms with van der Waals surface area (Å²) in [5, 5.41) is 0. The molecule has 0 aromatic heterocycles. The quantitative estimate of drug-likeness (QED) is 0.212. The lowest BCUT2D eigenvalue weighted by molar-refractivity contribution is -0.142. The third-order valence-corrected chi connectivity index (χ3v) is 4.29. The third kappa shape index (κ3) is 10.0. The molecule has 0 atom stereocenters. The smallest absolute Gasteiger partial charge is 0.302 e. The van der Waals surface area contributed by atoms with Gasteiger partial charge in [-0.15, -0.1) is 0 Å². The van der Waals surface area contributed by atoms with Gasteiger partial charge in [0.1, 0.15) is 12.9 Å². The lowest BCUT2D eigenvalue weighted by Gasteiger charge is -1.99. The Balaban J connectivity index is 0.000000182. The molecule has 0 bridgehead atoms. The molecule has 0 aliphatic heterocycles. The summed E-state index contributed by atoms with van der Waals surface area (Å²) in [5.74, 6) is -0.167. The summed E-state index contributed by atoms with van der Waals surface area (Å²) < 4.78 is 4.79. The van der Waals surface area contributed by atoms with Crippen LogP contribution in [0.2, 0.25) is 0 Å². The van der Waals surface area contributed by atoms with E-state index in [0.717, 1.165) is 28.5 Å². The Kier molecular flexibility index (Phi) is 11.1. The van der Waals surface area contributed by atoms with Crippen molar-refractivity contribution >= 4 is 18.0 Å². The third-order valence-electron chi connectivity index (χ3n) is 4.29. The minimum absolute atomic E-state index is 0.0752. The molecule has 166 valence electrons.